The molecule has 0 aliphatic carbocycles. The summed E-state index contributed by atoms with van der Waals surface area (Å²) < 4.78 is 16.1. The van der Waals surface area contributed by atoms with Crippen molar-refractivity contribution in [1.82, 2.24) is 0 Å². The van der Waals surface area contributed by atoms with E-state index in [-0.39, 0.29) is 11.4 Å². The number of hydrogen-bond donors (Lipinski definition) is 1. The number of nitrogens with zero attached hydrogens (tertiary/aromatic N) is 1. The second-order valence-electron chi connectivity index (χ2n) is 6.22. The summed E-state index contributed by atoms with van der Waals surface area (Å²) in [7, 11) is 2.94. The van der Waals surface area contributed by atoms with Gasteiger partial charge in [0.1, 0.15) is 11.5 Å². The first-order chi connectivity index (χ1) is 14.5. The van der Waals surface area contributed by atoms with Gasteiger partial charge in [0.2, 0.25) is 6.10 Å². The highest BCUT2D eigenvalue weighted by Crippen LogP contribution is 2.34. The number of nitro benzene ring substituents is 1. The van der Waals surface area contributed by atoms with Crippen LogP contribution in [0, 0.1) is 10.1 Å². The molecule has 8 nitrogen and oxygen atoms in total. The van der Waals surface area contributed by atoms with Crippen molar-refractivity contribution >= 4 is 17.3 Å². The maximum Gasteiger partial charge on any atom is 0.314 e. The van der Waals surface area contributed by atoms with Gasteiger partial charge in [0.25, 0.3) is 5.91 Å². The molecular formula is C22H20N2O6. The maximum atomic E-state index is 13.0. The van der Waals surface area contributed by atoms with Gasteiger partial charge in [-0.15, -0.1) is 0 Å². The van der Waals surface area contributed by atoms with E-state index in [0.717, 1.165) is 0 Å². The predicted molar refractivity (Wildman–Crippen MR) is 111 cm³/mol. The van der Waals surface area contributed by atoms with E-state index in [0.29, 0.717) is 22.7 Å². The molecule has 3 aromatic rings. The lowest BCUT2D eigenvalue weighted by Gasteiger charge is -2.19. The summed E-state index contributed by atoms with van der Waals surface area (Å²) in [4.78, 5) is 24.0. The number of nitrogens with one attached hydrogen (secondary N) is 1. The van der Waals surface area contributed by atoms with Crippen LogP contribution in [-0.2, 0) is 4.79 Å². The Balaban J connectivity index is 1.94. The Morgan fingerprint density at radius 3 is 2.30 bits per heavy atom. The van der Waals surface area contributed by atoms with Crippen molar-refractivity contribution < 1.29 is 23.9 Å². The van der Waals surface area contributed by atoms with Crippen LogP contribution in [0.2, 0.25) is 0 Å². The predicted octanol–water partition coefficient (Wildman–Crippen LogP) is 4.37. The number of methoxy groups -OCH3 is 2. The third-order valence-corrected chi connectivity index (χ3v) is 4.29. The van der Waals surface area contributed by atoms with E-state index < -0.39 is 16.9 Å². The molecule has 0 spiro atoms. The van der Waals surface area contributed by atoms with Crippen LogP contribution in [0.15, 0.2) is 72.8 Å². The molecule has 0 radical (unpaired) electrons. The summed E-state index contributed by atoms with van der Waals surface area (Å²) in [5, 5.41) is 14.3. The topological polar surface area (TPSA) is 99.9 Å². The molecule has 0 aliphatic heterocycles. The van der Waals surface area contributed by atoms with Crippen LogP contribution in [0.25, 0.3) is 0 Å². The summed E-state index contributed by atoms with van der Waals surface area (Å²) in [6.07, 6.45) is -1.12. The summed E-state index contributed by atoms with van der Waals surface area (Å²) >= 11 is 0. The first kappa shape index (κ1) is 20.7. The van der Waals surface area contributed by atoms with Gasteiger partial charge in [-0.3, -0.25) is 14.9 Å². The molecule has 154 valence electrons. The van der Waals surface area contributed by atoms with E-state index >= 15 is 0 Å². The van der Waals surface area contributed by atoms with Gasteiger partial charge in [-0.2, -0.15) is 0 Å². The van der Waals surface area contributed by atoms with Crippen LogP contribution in [-0.4, -0.2) is 25.1 Å². The maximum absolute atomic E-state index is 13.0. The summed E-state index contributed by atoms with van der Waals surface area (Å²) in [6, 6.07) is 19.8. The van der Waals surface area contributed by atoms with Gasteiger partial charge in [0, 0.05) is 17.3 Å². The Hall–Kier alpha value is -4.07. The molecule has 0 aromatic heterocycles. The minimum Gasteiger partial charge on any atom is -0.497 e. The van der Waals surface area contributed by atoms with E-state index in [9.17, 15) is 14.9 Å². The van der Waals surface area contributed by atoms with Crippen molar-refractivity contribution in [2.45, 2.75) is 6.10 Å². The van der Waals surface area contributed by atoms with Crippen molar-refractivity contribution in [3.63, 3.8) is 0 Å². The second kappa shape index (κ2) is 9.42. The smallest absolute Gasteiger partial charge is 0.314 e. The van der Waals surface area contributed by atoms with Gasteiger partial charge < -0.3 is 19.5 Å². The average molecular weight is 408 g/mol. The molecule has 0 bridgehead atoms. The number of carbonyl (C=O) groups excluding carboxylic acids is 1. The molecule has 1 amide bonds. The number of anilines is 1. The molecule has 8 heteroatoms. The summed E-state index contributed by atoms with van der Waals surface area (Å²) in [5.41, 5.74) is 0.751. The first-order valence-corrected chi connectivity index (χ1v) is 9.00. The Morgan fingerprint density at radius 2 is 1.63 bits per heavy atom. The number of hydrogen-bond acceptors (Lipinski definition) is 6. The van der Waals surface area contributed by atoms with Crippen molar-refractivity contribution in [1.29, 1.82) is 0 Å². The number of carbonyl (C=O) groups is 1. The Labute approximate surface area is 173 Å². The van der Waals surface area contributed by atoms with E-state index in [1.54, 1.807) is 54.6 Å². The zero-order valence-corrected chi connectivity index (χ0v) is 16.4. The fourth-order valence-corrected chi connectivity index (χ4v) is 2.80. The summed E-state index contributed by atoms with van der Waals surface area (Å²) in [5.74, 6) is 0.358. The van der Waals surface area contributed by atoms with Gasteiger partial charge in [-0.25, -0.2) is 0 Å². The quantitative estimate of drug-likeness (QED) is 0.439. The summed E-state index contributed by atoms with van der Waals surface area (Å²) in [6.45, 7) is 0. The van der Waals surface area contributed by atoms with E-state index in [1.165, 1.54) is 32.4 Å². The van der Waals surface area contributed by atoms with Crippen molar-refractivity contribution in [2.75, 3.05) is 19.5 Å². The number of ether oxygens (including phenoxy) is 3. The van der Waals surface area contributed by atoms with Gasteiger partial charge in [-0.1, -0.05) is 36.4 Å². The first-order valence-electron chi connectivity index (χ1n) is 9.00. The fraction of sp³-hybridized carbons (Fsp3) is 0.136. The highest BCUT2D eigenvalue weighted by Gasteiger charge is 2.27. The van der Waals surface area contributed by atoms with E-state index in [2.05, 4.69) is 5.32 Å². The van der Waals surface area contributed by atoms with Crippen LogP contribution < -0.4 is 19.5 Å². The van der Waals surface area contributed by atoms with Gasteiger partial charge in [0.15, 0.2) is 5.75 Å². The molecule has 3 rings (SSSR count). The van der Waals surface area contributed by atoms with Gasteiger partial charge in [0.05, 0.1) is 25.2 Å². The minimum absolute atomic E-state index is 0.0459. The SMILES string of the molecule is COc1cccc(NC(=O)C(Oc2ccc(OC)cc2[N+](=O)[O-])c2ccccc2)c1. The Bertz CT molecular complexity index is 1040. The molecule has 0 fully saturated rings. The van der Waals surface area contributed by atoms with Gasteiger partial charge >= 0.3 is 5.69 Å². The zero-order valence-electron chi connectivity index (χ0n) is 16.4. The number of nitro groups is 1. The highest BCUT2D eigenvalue weighted by atomic mass is 16.6. The normalized spacial score (nSPS) is 11.3. The third-order valence-electron chi connectivity index (χ3n) is 4.29. The largest absolute Gasteiger partial charge is 0.497 e. The molecule has 0 saturated carbocycles. The Morgan fingerprint density at radius 1 is 0.933 bits per heavy atom. The van der Waals surface area contributed by atoms with Crippen LogP contribution >= 0.6 is 0 Å². The highest BCUT2D eigenvalue weighted by molar-refractivity contribution is 5.95. The molecular weight excluding hydrogens is 388 g/mol. The lowest BCUT2D eigenvalue weighted by molar-refractivity contribution is -0.386. The lowest BCUT2D eigenvalue weighted by atomic mass is 10.1. The zero-order chi connectivity index (χ0) is 21.5. The molecule has 1 atom stereocenters. The van der Waals surface area contributed by atoms with Crippen molar-refractivity contribution in [2.24, 2.45) is 0 Å². The van der Waals surface area contributed by atoms with E-state index in [4.69, 9.17) is 14.2 Å². The number of rotatable bonds is 8. The second-order valence-corrected chi connectivity index (χ2v) is 6.22. The van der Waals surface area contributed by atoms with Gasteiger partial charge in [-0.05, 0) is 24.3 Å². The molecule has 0 saturated heterocycles. The Kier molecular flexibility index (Phi) is 6.49. The third kappa shape index (κ3) is 4.85. The monoisotopic (exact) mass is 408 g/mol. The average Bonchev–Trinajstić information content (AvgIpc) is 2.78. The standard InChI is InChI=1S/C22H20N2O6/c1-28-17-10-6-9-16(13-17)23-22(25)21(15-7-4-3-5-8-15)30-20-12-11-18(29-2)14-19(20)24(26)27/h3-14,21H,1-2H3,(H,23,25). The molecule has 0 aliphatic rings. The molecule has 30 heavy (non-hydrogen) atoms. The van der Waals surface area contributed by atoms with Crippen LogP contribution in [0.3, 0.4) is 0 Å². The van der Waals surface area contributed by atoms with Crippen molar-refractivity contribution in [3.05, 3.63) is 88.5 Å². The van der Waals surface area contributed by atoms with E-state index in [1.807, 2.05) is 0 Å². The van der Waals surface area contributed by atoms with Crippen LogP contribution in [0.5, 0.6) is 17.2 Å². The number of amides is 1. The lowest BCUT2D eigenvalue weighted by Crippen LogP contribution is -2.26. The fourth-order valence-electron chi connectivity index (χ4n) is 2.80. The molecule has 3 aromatic carbocycles. The molecule has 1 unspecified atom stereocenters. The van der Waals surface area contributed by atoms with Crippen LogP contribution in [0.1, 0.15) is 11.7 Å². The minimum atomic E-state index is -1.12. The van der Waals surface area contributed by atoms with Crippen molar-refractivity contribution in [3.8, 4) is 17.2 Å². The van der Waals surface area contributed by atoms with Crippen LogP contribution in [0.4, 0.5) is 11.4 Å². The molecule has 1 N–H and O–H groups in total. The number of benzene rings is 3. The molecule has 0 heterocycles.